The van der Waals surface area contributed by atoms with Gasteiger partial charge in [-0.15, -0.1) is 0 Å². The van der Waals surface area contributed by atoms with Crippen molar-refractivity contribution in [2.45, 2.75) is 6.54 Å². The normalized spacial score (nSPS) is 9.44. The highest BCUT2D eigenvalue weighted by molar-refractivity contribution is 14.1. The summed E-state index contributed by atoms with van der Waals surface area (Å²) in [6.07, 6.45) is 0. The Morgan fingerprint density at radius 1 is 1.38 bits per heavy atom. The zero-order valence-electron chi connectivity index (χ0n) is 9.04. The smallest absolute Gasteiger partial charge is 0.323 e. The number of halogens is 1. The number of carbonyl (C=O) groups is 1. The second-order valence-electron chi connectivity index (χ2n) is 2.95. The fourth-order valence-electron chi connectivity index (χ4n) is 1.23. The lowest BCUT2D eigenvalue weighted by molar-refractivity contribution is 0.247. The molecule has 88 valence electrons. The molecular weight excluding hydrogens is 323 g/mol. The molecule has 2 N–H and O–H groups in total. The van der Waals surface area contributed by atoms with Crippen molar-refractivity contribution >= 4 is 28.9 Å². The fraction of sp³-hybridized carbons (Fsp3) is 0.300. The maximum atomic E-state index is 11.0. The van der Waals surface area contributed by atoms with Gasteiger partial charge in [0.15, 0.2) is 0 Å². The highest BCUT2D eigenvalue weighted by Crippen LogP contribution is 2.23. The van der Waals surface area contributed by atoms with Crippen LogP contribution in [0.15, 0.2) is 18.2 Å². The van der Waals surface area contributed by atoms with Gasteiger partial charge in [-0.25, -0.2) is 4.79 Å². The molecule has 0 unspecified atom stereocenters. The van der Waals surface area contributed by atoms with Gasteiger partial charge in [-0.2, -0.15) is 0 Å². The molecule has 1 aromatic carbocycles. The van der Waals surface area contributed by atoms with Gasteiger partial charge in [0.1, 0.15) is 11.5 Å². The van der Waals surface area contributed by atoms with Crippen molar-refractivity contribution in [3.63, 3.8) is 0 Å². The first-order chi connectivity index (χ1) is 7.71. The monoisotopic (exact) mass is 336 g/mol. The lowest BCUT2D eigenvalue weighted by Crippen LogP contribution is -2.28. The maximum absolute atomic E-state index is 11.0. The molecule has 0 aromatic heterocycles. The standard InChI is InChI=1S/C10H13IN2O3/c1-15-8-3-4-9(16-2)7(5-8)6-12-10(14)13-11/h3-5H,6H2,1-2H3,(H2,12,13,14). The Morgan fingerprint density at radius 2 is 2.12 bits per heavy atom. The quantitative estimate of drug-likeness (QED) is 0.652. The van der Waals surface area contributed by atoms with Crippen LogP contribution >= 0.6 is 22.9 Å². The Balaban J connectivity index is 2.78. The average molecular weight is 336 g/mol. The van der Waals surface area contributed by atoms with Gasteiger partial charge >= 0.3 is 6.03 Å². The first-order valence-electron chi connectivity index (χ1n) is 4.56. The first-order valence-corrected chi connectivity index (χ1v) is 5.64. The van der Waals surface area contributed by atoms with Gasteiger partial charge in [-0.3, -0.25) is 3.53 Å². The predicted molar refractivity (Wildman–Crippen MR) is 68.9 cm³/mol. The van der Waals surface area contributed by atoms with Gasteiger partial charge in [-0.05, 0) is 18.2 Å². The summed E-state index contributed by atoms with van der Waals surface area (Å²) < 4.78 is 12.7. The summed E-state index contributed by atoms with van der Waals surface area (Å²) in [7, 11) is 3.18. The molecular formula is C10H13IN2O3. The van der Waals surface area contributed by atoms with Crippen LogP contribution in [0.5, 0.6) is 11.5 Å². The van der Waals surface area contributed by atoms with Gasteiger partial charge in [0.05, 0.1) is 37.1 Å². The topological polar surface area (TPSA) is 59.6 Å². The minimum absolute atomic E-state index is 0.245. The number of carbonyl (C=O) groups excluding carboxylic acids is 1. The molecule has 0 bridgehead atoms. The van der Waals surface area contributed by atoms with Gasteiger partial charge < -0.3 is 14.8 Å². The lowest BCUT2D eigenvalue weighted by atomic mass is 10.2. The third-order valence-electron chi connectivity index (χ3n) is 2.01. The van der Waals surface area contributed by atoms with E-state index in [4.69, 9.17) is 9.47 Å². The predicted octanol–water partition coefficient (Wildman–Crippen LogP) is 1.85. The number of rotatable bonds is 4. The van der Waals surface area contributed by atoms with Crippen molar-refractivity contribution in [3.05, 3.63) is 23.8 Å². The van der Waals surface area contributed by atoms with Gasteiger partial charge in [0.2, 0.25) is 0 Å². The molecule has 16 heavy (non-hydrogen) atoms. The third-order valence-corrected chi connectivity index (χ3v) is 2.50. The average Bonchev–Trinajstić information content (AvgIpc) is 2.35. The van der Waals surface area contributed by atoms with Gasteiger partial charge in [0, 0.05) is 12.1 Å². The van der Waals surface area contributed by atoms with Gasteiger partial charge in [-0.1, -0.05) is 0 Å². The highest BCUT2D eigenvalue weighted by atomic mass is 127. The molecule has 0 aliphatic rings. The number of hydrogen-bond donors (Lipinski definition) is 2. The Bertz CT molecular complexity index is 371. The number of benzene rings is 1. The summed E-state index contributed by atoms with van der Waals surface area (Å²) in [6, 6.07) is 5.19. The summed E-state index contributed by atoms with van der Waals surface area (Å²) in [5, 5.41) is 2.68. The van der Waals surface area contributed by atoms with Gasteiger partial charge in [0.25, 0.3) is 0 Å². The summed E-state index contributed by atoms with van der Waals surface area (Å²) in [5.74, 6) is 1.45. The number of methoxy groups -OCH3 is 2. The van der Waals surface area contributed by atoms with Crippen molar-refractivity contribution in [2.75, 3.05) is 14.2 Å². The van der Waals surface area contributed by atoms with Crippen LogP contribution in [0.4, 0.5) is 4.79 Å². The number of ether oxygens (including phenoxy) is 2. The van der Waals surface area contributed by atoms with Crippen molar-refractivity contribution in [1.29, 1.82) is 0 Å². The zero-order valence-corrected chi connectivity index (χ0v) is 11.2. The molecule has 1 aromatic rings. The van der Waals surface area contributed by atoms with E-state index in [1.165, 1.54) is 0 Å². The molecule has 0 saturated carbocycles. The molecule has 0 aliphatic heterocycles. The molecule has 0 heterocycles. The molecule has 0 fully saturated rings. The number of nitrogens with one attached hydrogen (secondary N) is 2. The Kier molecular flexibility index (Phi) is 5.17. The molecule has 1 rings (SSSR count). The van der Waals surface area contributed by atoms with Crippen LogP contribution in [-0.4, -0.2) is 20.3 Å². The Morgan fingerprint density at radius 3 is 2.69 bits per heavy atom. The SMILES string of the molecule is COc1ccc(OC)c(CNC(=O)NI)c1. The van der Waals surface area contributed by atoms with Crippen molar-refractivity contribution in [3.8, 4) is 11.5 Å². The van der Waals surface area contributed by atoms with Crippen LogP contribution < -0.4 is 18.3 Å². The number of hydrogen-bond acceptors (Lipinski definition) is 3. The van der Waals surface area contributed by atoms with Crippen molar-refractivity contribution in [2.24, 2.45) is 0 Å². The molecule has 2 amide bonds. The van der Waals surface area contributed by atoms with Crippen LogP contribution in [0, 0.1) is 0 Å². The molecule has 5 nitrogen and oxygen atoms in total. The van der Waals surface area contributed by atoms with Crippen molar-refractivity contribution < 1.29 is 14.3 Å². The molecule has 0 aliphatic carbocycles. The van der Waals surface area contributed by atoms with Crippen LogP contribution in [0.25, 0.3) is 0 Å². The second kappa shape index (κ2) is 6.41. The summed E-state index contributed by atoms with van der Waals surface area (Å²) in [4.78, 5) is 11.0. The Labute approximate surface area is 108 Å². The van der Waals surface area contributed by atoms with Crippen LogP contribution in [0.2, 0.25) is 0 Å². The number of amides is 2. The van der Waals surface area contributed by atoms with E-state index in [0.29, 0.717) is 6.54 Å². The van der Waals surface area contributed by atoms with E-state index in [1.54, 1.807) is 49.2 Å². The summed E-state index contributed by atoms with van der Waals surface area (Å²) >= 11 is 1.77. The third kappa shape index (κ3) is 3.44. The van der Waals surface area contributed by atoms with Crippen LogP contribution in [0.3, 0.4) is 0 Å². The number of urea groups is 1. The molecule has 0 spiro atoms. The van der Waals surface area contributed by atoms with E-state index in [-0.39, 0.29) is 6.03 Å². The van der Waals surface area contributed by atoms with Crippen LogP contribution in [-0.2, 0) is 6.54 Å². The van der Waals surface area contributed by atoms with E-state index in [2.05, 4.69) is 8.85 Å². The van der Waals surface area contributed by atoms with Crippen molar-refractivity contribution in [1.82, 2.24) is 8.85 Å². The minimum Gasteiger partial charge on any atom is -0.497 e. The largest absolute Gasteiger partial charge is 0.497 e. The summed E-state index contributed by atoms with van der Waals surface area (Å²) in [5.41, 5.74) is 0.863. The summed E-state index contributed by atoms with van der Waals surface area (Å²) in [6.45, 7) is 0.384. The molecule has 6 heteroatoms. The lowest BCUT2D eigenvalue weighted by Gasteiger charge is -2.10. The Hall–Kier alpha value is -1.18. The molecule has 0 saturated heterocycles. The van der Waals surface area contributed by atoms with E-state index in [0.717, 1.165) is 17.1 Å². The second-order valence-corrected chi connectivity index (χ2v) is 3.49. The van der Waals surface area contributed by atoms with E-state index in [9.17, 15) is 4.79 Å². The molecule has 0 atom stereocenters. The first kappa shape index (κ1) is 12.9. The minimum atomic E-state index is -0.245. The van der Waals surface area contributed by atoms with E-state index >= 15 is 0 Å². The fourth-order valence-corrected chi connectivity index (χ4v) is 1.42. The highest BCUT2D eigenvalue weighted by Gasteiger charge is 2.06. The van der Waals surface area contributed by atoms with E-state index in [1.807, 2.05) is 6.07 Å². The molecule has 0 radical (unpaired) electrons. The zero-order chi connectivity index (χ0) is 12.0. The maximum Gasteiger partial charge on any atom is 0.323 e. The van der Waals surface area contributed by atoms with Crippen LogP contribution in [0.1, 0.15) is 5.56 Å². The van der Waals surface area contributed by atoms with E-state index < -0.39 is 0 Å².